The van der Waals surface area contributed by atoms with Crippen LogP contribution in [0, 0.1) is 5.92 Å². The van der Waals surface area contributed by atoms with E-state index in [1.165, 1.54) is 10.6 Å². The number of aliphatic hydroxyl groups excluding tert-OH is 1. The second-order valence-corrected chi connectivity index (χ2v) is 8.31. The summed E-state index contributed by atoms with van der Waals surface area (Å²) in [4.78, 5) is 14.3. The number of rotatable bonds is 3. The summed E-state index contributed by atoms with van der Waals surface area (Å²) < 4.78 is 24.7. The molecule has 1 aliphatic carbocycles. The first-order valence-electron chi connectivity index (χ1n) is 7.70. The van der Waals surface area contributed by atoms with Gasteiger partial charge in [-0.05, 0) is 25.7 Å². The summed E-state index contributed by atoms with van der Waals surface area (Å²) in [5.74, 6) is -0.318. The summed E-state index contributed by atoms with van der Waals surface area (Å²) in [5.41, 5.74) is 0. The highest BCUT2D eigenvalue weighted by atomic mass is 32.2. The number of hydrogen-bond donors (Lipinski definition) is 1. The number of aliphatic hydroxyl groups is 1. The van der Waals surface area contributed by atoms with Crippen LogP contribution in [0.4, 0.5) is 0 Å². The Labute approximate surface area is 127 Å². The minimum Gasteiger partial charge on any atom is -0.391 e. The molecule has 0 aromatic carbocycles. The number of sulfonamides is 1. The van der Waals surface area contributed by atoms with Crippen molar-refractivity contribution in [2.45, 2.75) is 50.7 Å². The van der Waals surface area contributed by atoms with Gasteiger partial charge in [-0.2, -0.15) is 0 Å². The number of likely N-dealkylation sites (N-methyl/N-ethyl adjacent to an activating group) is 1. The number of amides is 1. The van der Waals surface area contributed by atoms with Crippen LogP contribution >= 0.6 is 0 Å². The van der Waals surface area contributed by atoms with Crippen molar-refractivity contribution >= 4 is 15.9 Å². The third-order valence-electron chi connectivity index (χ3n) is 4.74. The van der Waals surface area contributed by atoms with Gasteiger partial charge >= 0.3 is 0 Å². The maximum absolute atomic E-state index is 12.6. The SMILES string of the molecule is CN(C(=O)[C@@H]1CCCN(S(C)(=O)=O)C1)[C@@H]1CCCC[C@@H]1O. The minimum atomic E-state index is -3.24. The molecule has 0 radical (unpaired) electrons. The standard InChI is InChI=1S/C14H26N2O4S/c1-15(12-7-3-4-8-13(12)17)14(18)11-6-5-9-16(10-11)21(2,19)20/h11-13,17H,3-10H2,1-2H3/t11-,12-,13+/m1/s1. The molecule has 122 valence electrons. The summed E-state index contributed by atoms with van der Waals surface area (Å²) in [6.45, 7) is 0.767. The fourth-order valence-electron chi connectivity index (χ4n) is 3.44. The summed E-state index contributed by atoms with van der Waals surface area (Å²) in [6.07, 6.45) is 5.76. The number of carbonyl (C=O) groups excluding carboxylic acids is 1. The van der Waals surface area contributed by atoms with Gasteiger partial charge in [-0.3, -0.25) is 4.79 Å². The van der Waals surface area contributed by atoms with Crippen molar-refractivity contribution in [3.8, 4) is 0 Å². The van der Waals surface area contributed by atoms with Gasteiger partial charge in [0, 0.05) is 20.1 Å². The molecule has 1 saturated heterocycles. The van der Waals surface area contributed by atoms with E-state index in [1.54, 1.807) is 11.9 Å². The second-order valence-electron chi connectivity index (χ2n) is 6.33. The molecule has 1 N–H and O–H groups in total. The van der Waals surface area contributed by atoms with Crippen LogP contribution in [0.2, 0.25) is 0 Å². The van der Waals surface area contributed by atoms with E-state index in [2.05, 4.69) is 0 Å². The van der Waals surface area contributed by atoms with E-state index in [4.69, 9.17) is 0 Å². The second kappa shape index (κ2) is 6.62. The summed E-state index contributed by atoms with van der Waals surface area (Å²) in [5, 5.41) is 10.1. The van der Waals surface area contributed by atoms with Crippen LogP contribution in [0.1, 0.15) is 38.5 Å². The molecule has 1 aliphatic heterocycles. The zero-order valence-corrected chi connectivity index (χ0v) is 13.7. The first kappa shape index (κ1) is 16.7. The highest BCUT2D eigenvalue weighted by molar-refractivity contribution is 7.88. The monoisotopic (exact) mass is 318 g/mol. The topological polar surface area (TPSA) is 77.9 Å². The van der Waals surface area contributed by atoms with E-state index in [-0.39, 0.29) is 24.4 Å². The summed E-state index contributed by atoms with van der Waals surface area (Å²) in [6, 6.07) is -0.125. The van der Waals surface area contributed by atoms with E-state index in [9.17, 15) is 18.3 Å². The Morgan fingerprint density at radius 3 is 2.48 bits per heavy atom. The van der Waals surface area contributed by atoms with Gasteiger partial charge in [-0.15, -0.1) is 0 Å². The highest BCUT2D eigenvalue weighted by Gasteiger charge is 2.36. The predicted octanol–water partition coefficient (Wildman–Crippen LogP) is 0.420. The fourth-order valence-corrected chi connectivity index (χ4v) is 4.35. The molecule has 2 rings (SSSR count). The molecule has 2 aliphatic rings. The number of carbonyl (C=O) groups is 1. The van der Waals surface area contributed by atoms with Crippen molar-refractivity contribution in [2.24, 2.45) is 5.92 Å². The molecule has 1 amide bonds. The molecule has 0 unspecified atom stereocenters. The van der Waals surface area contributed by atoms with Gasteiger partial charge in [0.05, 0.1) is 24.3 Å². The molecule has 0 spiro atoms. The Hall–Kier alpha value is -0.660. The molecule has 1 heterocycles. The molecule has 0 aromatic rings. The van der Waals surface area contributed by atoms with Crippen LogP contribution in [-0.2, 0) is 14.8 Å². The van der Waals surface area contributed by atoms with Gasteiger partial charge in [0.25, 0.3) is 0 Å². The lowest BCUT2D eigenvalue weighted by molar-refractivity contribution is -0.140. The molecule has 2 fully saturated rings. The Bertz CT molecular complexity index is 479. The Balaban J connectivity index is 2.01. The van der Waals surface area contributed by atoms with Gasteiger partial charge < -0.3 is 10.0 Å². The van der Waals surface area contributed by atoms with Gasteiger partial charge in [-0.25, -0.2) is 12.7 Å². The number of hydrogen-bond acceptors (Lipinski definition) is 4. The normalized spacial score (nSPS) is 31.9. The third kappa shape index (κ3) is 3.96. The fraction of sp³-hybridized carbons (Fsp3) is 0.929. The molecule has 21 heavy (non-hydrogen) atoms. The van der Waals surface area contributed by atoms with Crippen molar-refractivity contribution in [1.29, 1.82) is 0 Å². The van der Waals surface area contributed by atoms with Gasteiger partial charge in [0.2, 0.25) is 15.9 Å². The maximum atomic E-state index is 12.6. The van der Waals surface area contributed by atoms with Gasteiger partial charge in [0.1, 0.15) is 0 Å². The first-order chi connectivity index (χ1) is 9.80. The van der Waals surface area contributed by atoms with Crippen LogP contribution in [0.5, 0.6) is 0 Å². The smallest absolute Gasteiger partial charge is 0.227 e. The van der Waals surface area contributed by atoms with Crippen LogP contribution in [0.15, 0.2) is 0 Å². The van der Waals surface area contributed by atoms with E-state index in [0.717, 1.165) is 32.1 Å². The van der Waals surface area contributed by atoms with Crippen molar-refractivity contribution in [3.05, 3.63) is 0 Å². The lowest BCUT2D eigenvalue weighted by Crippen LogP contribution is -2.51. The van der Waals surface area contributed by atoms with E-state index in [1.807, 2.05) is 0 Å². The van der Waals surface area contributed by atoms with E-state index >= 15 is 0 Å². The quantitative estimate of drug-likeness (QED) is 0.818. The zero-order chi connectivity index (χ0) is 15.6. The van der Waals surface area contributed by atoms with E-state index in [0.29, 0.717) is 13.0 Å². The largest absolute Gasteiger partial charge is 0.391 e. The van der Waals surface area contributed by atoms with Crippen molar-refractivity contribution in [2.75, 3.05) is 26.4 Å². The van der Waals surface area contributed by atoms with Crippen LogP contribution < -0.4 is 0 Å². The van der Waals surface area contributed by atoms with Crippen molar-refractivity contribution in [1.82, 2.24) is 9.21 Å². The Morgan fingerprint density at radius 2 is 1.86 bits per heavy atom. The van der Waals surface area contributed by atoms with E-state index < -0.39 is 16.1 Å². The summed E-state index contributed by atoms with van der Waals surface area (Å²) >= 11 is 0. The first-order valence-corrected chi connectivity index (χ1v) is 9.55. The van der Waals surface area contributed by atoms with Crippen molar-refractivity contribution < 1.29 is 18.3 Å². The zero-order valence-electron chi connectivity index (χ0n) is 12.9. The molecule has 1 saturated carbocycles. The average molecular weight is 318 g/mol. The Kier molecular flexibility index (Phi) is 5.27. The molecule has 0 bridgehead atoms. The predicted molar refractivity (Wildman–Crippen MR) is 80.2 cm³/mol. The highest BCUT2D eigenvalue weighted by Crippen LogP contribution is 2.26. The minimum absolute atomic E-state index is 0.0331. The Morgan fingerprint density at radius 1 is 1.19 bits per heavy atom. The molecule has 0 aromatic heterocycles. The molecular weight excluding hydrogens is 292 g/mol. The summed E-state index contributed by atoms with van der Waals surface area (Å²) in [7, 11) is -1.50. The lowest BCUT2D eigenvalue weighted by Gasteiger charge is -2.39. The van der Waals surface area contributed by atoms with Gasteiger partial charge in [-0.1, -0.05) is 12.8 Å². The molecule has 6 nitrogen and oxygen atoms in total. The van der Waals surface area contributed by atoms with Crippen molar-refractivity contribution in [3.63, 3.8) is 0 Å². The average Bonchev–Trinajstić information content (AvgIpc) is 2.45. The van der Waals surface area contributed by atoms with Crippen LogP contribution in [0.25, 0.3) is 0 Å². The lowest BCUT2D eigenvalue weighted by atomic mass is 9.90. The maximum Gasteiger partial charge on any atom is 0.227 e. The molecule has 3 atom stereocenters. The van der Waals surface area contributed by atoms with Crippen LogP contribution in [0.3, 0.4) is 0 Å². The van der Waals surface area contributed by atoms with Crippen LogP contribution in [-0.4, -0.2) is 67.2 Å². The molecule has 7 heteroatoms. The van der Waals surface area contributed by atoms with Gasteiger partial charge in [0.15, 0.2) is 0 Å². The number of nitrogens with zero attached hydrogens (tertiary/aromatic N) is 2. The number of piperidine rings is 1. The third-order valence-corrected chi connectivity index (χ3v) is 6.01. The molecular formula is C14H26N2O4S.